The second-order valence-electron chi connectivity index (χ2n) is 8.27. The number of aromatic nitrogens is 1. The summed E-state index contributed by atoms with van der Waals surface area (Å²) in [5.41, 5.74) is 1.98. The lowest BCUT2D eigenvalue weighted by Crippen LogP contribution is -2.45. The Balaban J connectivity index is 1.43. The van der Waals surface area contributed by atoms with Crippen LogP contribution in [0.1, 0.15) is 30.7 Å². The van der Waals surface area contributed by atoms with Gasteiger partial charge in [0.15, 0.2) is 0 Å². The molecule has 1 saturated heterocycles. The van der Waals surface area contributed by atoms with E-state index in [-0.39, 0.29) is 23.8 Å². The molecular weight excluding hydrogens is 423 g/mol. The van der Waals surface area contributed by atoms with Crippen molar-refractivity contribution >= 4 is 28.6 Å². The molecule has 6 nitrogen and oxygen atoms in total. The minimum atomic E-state index is -0.875. The quantitative estimate of drug-likeness (QED) is 0.543. The van der Waals surface area contributed by atoms with Crippen molar-refractivity contribution in [2.45, 2.75) is 31.2 Å². The highest BCUT2D eigenvalue weighted by Crippen LogP contribution is 2.48. The van der Waals surface area contributed by atoms with Crippen LogP contribution >= 0.6 is 0 Å². The zero-order valence-corrected chi connectivity index (χ0v) is 16.7. The van der Waals surface area contributed by atoms with Crippen LogP contribution in [0.25, 0.3) is 22.2 Å². The van der Waals surface area contributed by atoms with Crippen molar-refractivity contribution in [2.75, 3.05) is 0 Å². The number of halogens is 3. The number of hydrogen-bond donors (Lipinski definition) is 3. The summed E-state index contributed by atoms with van der Waals surface area (Å²) in [5, 5.41) is 5.12. The highest BCUT2D eigenvalue weighted by molar-refractivity contribution is 6.07. The first-order valence-electron chi connectivity index (χ1n) is 10.2. The summed E-state index contributed by atoms with van der Waals surface area (Å²) in [7, 11) is 0. The molecule has 0 unspecified atom stereocenters. The Hall–Kier alpha value is -3.62. The molecule has 5 rings (SSSR count). The van der Waals surface area contributed by atoms with E-state index in [0.717, 1.165) is 6.07 Å². The molecule has 2 aliphatic rings. The van der Waals surface area contributed by atoms with E-state index in [1.165, 1.54) is 18.2 Å². The minimum Gasteiger partial charge on any atom is -0.352 e. The molecule has 0 spiro atoms. The molecule has 2 aromatic carbocycles. The number of H-pyrrole nitrogens is 1. The number of amides is 3. The lowest BCUT2D eigenvalue weighted by atomic mass is 9.69. The average molecular weight is 441 g/mol. The van der Waals surface area contributed by atoms with Gasteiger partial charge in [-0.15, -0.1) is 0 Å². The Kier molecular flexibility index (Phi) is 4.76. The first-order valence-corrected chi connectivity index (χ1v) is 10.2. The van der Waals surface area contributed by atoms with Gasteiger partial charge in [0, 0.05) is 17.4 Å². The first-order chi connectivity index (χ1) is 15.3. The van der Waals surface area contributed by atoms with Gasteiger partial charge in [-0.3, -0.25) is 19.7 Å². The number of carbonyl (C=O) groups excluding carboxylic acids is 3. The molecule has 1 aromatic heterocycles. The number of carbonyl (C=O) groups is 3. The maximum absolute atomic E-state index is 14.4. The molecule has 3 amide bonds. The summed E-state index contributed by atoms with van der Waals surface area (Å²) < 4.78 is 41.8. The van der Waals surface area contributed by atoms with Crippen molar-refractivity contribution in [2.24, 2.45) is 5.92 Å². The zero-order chi connectivity index (χ0) is 22.6. The molecule has 0 radical (unpaired) electrons. The van der Waals surface area contributed by atoms with E-state index in [4.69, 9.17) is 0 Å². The summed E-state index contributed by atoms with van der Waals surface area (Å²) in [6.45, 7) is 0. The number of nitrogens with one attached hydrogen (secondary N) is 3. The molecule has 2 heterocycles. The molecular formula is C23H18F3N3O3. The average Bonchev–Trinajstić information content (AvgIpc) is 3.21. The van der Waals surface area contributed by atoms with Gasteiger partial charge in [0.05, 0.1) is 17.6 Å². The third-order valence-electron chi connectivity index (χ3n) is 6.20. The van der Waals surface area contributed by atoms with E-state index in [1.54, 1.807) is 12.1 Å². The number of imide groups is 1. The van der Waals surface area contributed by atoms with Crippen molar-refractivity contribution in [3.05, 3.63) is 59.4 Å². The minimum absolute atomic E-state index is 0.0869. The summed E-state index contributed by atoms with van der Waals surface area (Å²) >= 11 is 0. The lowest BCUT2D eigenvalue weighted by molar-refractivity contribution is -0.132. The second kappa shape index (κ2) is 7.51. The maximum Gasteiger partial charge on any atom is 0.249 e. The van der Waals surface area contributed by atoms with Crippen LogP contribution in [0.2, 0.25) is 0 Å². The van der Waals surface area contributed by atoms with E-state index in [1.807, 2.05) is 0 Å². The van der Waals surface area contributed by atoms with Crippen LogP contribution in [-0.2, 0) is 14.4 Å². The monoisotopic (exact) mass is 441 g/mol. The molecule has 32 heavy (non-hydrogen) atoms. The van der Waals surface area contributed by atoms with Crippen molar-refractivity contribution in [3.8, 4) is 11.3 Å². The Morgan fingerprint density at radius 3 is 2.38 bits per heavy atom. The van der Waals surface area contributed by atoms with Gasteiger partial charge in [-0.25, -0.2) is 13.2 Å². The topological polar surface area (TPSA) is 91.1 Å². The smallest absolute Gasteiger partial charge is 0.249 e. The predicted octanol–water partition coefficient (Wildman–Crippen LogP) is 3.28. The molecule has 1 aliphatic carbocycles. The summed E-state index contributed by atoms with van der Waals surface area (Å²) in [4.78, 5) is 38.5. The zero-order valence-electron chi connectivity index (χ0n) is 16.7. The first kappa shape index (κ1) is 20.3. The molecule has 164 valence electrons. The van der Waals surface area contributed by atoms with Gasteiger partial charge < -0.3 is 10.3 Å². The van der Waals surface area contributed by atoms with E-state index in [2.05, 4.69) is 15.6 Å². The van der Waals surface area contributed by atoms with Gasteiger partial charge >= 0.3 is 0 Å². The number of rotatable bonds is 4. The number of aromatic amines is 1. The van der Waals surface area contributed by atoms with Gasteiger partial charge in [-0.2, -0.15) is 0 Å². The van der Waals surface area contributed by atoms with Crippen LogP contribution in [0, 0.1) is 23.4 Å². The highest BCUT2D eigenvalue weighted by Gasteiger charge is 2.41. The SMILES string of the molecule is O=C1C[C@@H](NC(=O)[C@H]2C[C@H](c3c(-c4ccc(F)cc4)[nH]c4c(F)cc(F)cc43)C2)C(=O)N1. The molecule has 0 bridgehead atoms. The Bertz CT molecular complexity index is 1260. The third kappa shape index (κ3) is 3.43. The molecule has 9 heteroatoms. The van der Waals surface area contributed by atoms with Crippen LogP contribution in [0.15, 0.2) is 36.4 Å². The fourth-order valence-corrected chi connectivity index (χ4v) is 4.54. The van der Waals surface area contributed by atoms with Crippen molar-refractivity contribution < 1.29 is 27.6 Å². The highest BCUT2D eigenvalue weighted by atomic mass is 19.1. The number of benzene rings is 2. The molecule has 1 atom stereocenters. The van der Waals surface area contributed by atoms with Crippen LogP contribution in [0.3, 0.4) is 0 Å². The van der Waals surface area contributed by atoms with E-state index < -0.39 is 41.2 Å². The fourth-order valence-electron chi connectivity index (χ4n) is 4.54. The number of fused-ring (bicyclic) bond motifs is 1. The van der Waals surface area contributed by atoms with E-state index in [9.17, 15) is 27.6 Å². The maximum atomic E-state index is 14.4. The largest absolute Gasteiger partial charge is 0.352 e. The molecule has 3 N–H and O–H groups in total. The van der Waals surface area contributed by atoms with Gasteiger partial charge in [0.25, 0.3) is 0 Å². The van der Waals surface area contributed by atoms with Crippen LogP contribution in [0.4, 0.5) is 13.2 Å². The second-order valence-corrected chi connectivity index (χ2v) is 8.27. The Morgan fingerprint density at radius 2 is 1.72 bits per heavy atom. The number of hydrogen-bond acceptors (Lipinski definition) is 3. The van der Waals surface area contributed by atoms with Crippen LogP contribution < -0.4 is 10.6 Å². The summed E-state index contributed by atoms with van der Waals surface area (Å²) in [6, 6.07) is 6.84. The summed E-state index contributed by atoms with van der Waals surface area (Å²) in [6.07, 6.45) is 0.733. The fraction of sp³-hybridized carbons (Fsp3) is 0.261. The normalized spacial score (nSPS) is 22.7. The van der Waals surface area contributed by atoms with Crippen LogP contribution in [0.5, 0.6) is 0 Å². The van der Waals surface area contributed by atoms with Crippen molar-refractivity contribution in [3.63, 3.8) is 0 Å². The Morgan fingerprint density at radius 1 is 1.00 bits per heavy atom. The van der Waals surface area contributed by atoms with Gasteiger partial charge in [0.1, 0.15) is 23.5 Å². The van der Waals surface area contributed by atoms with E-state index >= 15 is 0 Å². The van der Waals surface area contributed by atoms with Gasteiger partial charge in [0.2, 0.25) is 17.7 Å². The third-order valence-corrected chi connectivity index (χ3v) is 6.20. The Labute approximate surface area is 180 Å². The van der Waals surface area contributed by atoms with Crippen LogP contribution in [-0.4, -0.2) is 28.7 Å². The standard InChI is InChI=1S/C23H18F3N3O3/c24-13-3-1-10(2-4-13)20-19(15-7-14(25)8-16(26)21(15)29-20)11-5-12(6-11)22(31)27-17-9-18(30)28-23(17)32/h1-4,7-8,11-12,17,29H,5-6,9H2,(H,27,31)(H,28,30,32)/t11-,12-,17-/m1/s1. The van der Waals surface area contributed by atoms with E-state index in [0.29, 0.717) is 35.0 Å². The predicted molar refractivity (Wildman–Crippen MR) is 109 cm³/mol. The van der Waals surface area contributed by atoms with Gasteiger partial charge in [-0.1, -0.05) is 0 Å². The molecule has 2 fully saturated rings. The van der Waals surface area contributed by atoms with Crippen molar-refractivity contribution in [1.82, 2.24) is 15.6 Å². The van der Waals surface area contributed by atoms with Gasteiger partial charge in [-0.05, 0) is 60.2 Å². The lowest BCUT2D eigenvalue weighted by Gasteiger charge is -2.35. The molecule has 3 aromatic rings. The van der Waals surface area contributed by atoms with Crippen molar-refractivity contribution in [1.29, 1.82) is 0 Å². The molecule has 1 saturated carbocycles. The summed E-state index contributed by atoms with van der Waals surface area (Å²) in [5.74, 6) is -3.73. The molecule has 1 aliphatic heterocycles.